The minimum atomic E-state index is 0.495. The Kier molecular flexibility index (Phi) is 5.77. The van der Waals surface area contributed by atoms with Gasteiger partial charge in [0.05, 0.1) is 11.6 Å². The third kappa shape index (κ3) is 4.27. The van der Waals surface area contributed by atoms with Gasteiger partial charge in [-0.25, -0.2) is 0 Å². The number of halogens is 1. The fourth-order valence-corrected chi connectivity index (χ4v) is 3.11. The molecule has 118 valence electrons. The van der Waals surface area contributed by atoms with Crippen LogP contribution in [0.3, 0.4) is 0 Å². The number of piperidine rings is 1. The SMILES string of the molecule is CCCOc1ccc(NC2CC(C)N(C)CC2C)cc1Cl. The largest absolute Gasteiger partial charge is 0.492 e. The summed E-state index contributed by atoms with van der Waals surface area (Å²) in [6, 6.07) is 7.11. The van der Waals surface area contributed by atoms with E-state index in [1.807, 2.05) is 12.1 Å². The Hall–Kier alpha value is -0.930. The maximum Gasteiger partial charge on any atom is 0.138 e. The van der Waals surface area contributed by atoms with Crippen LogP contribution >= 0.6 is 11.6 Å². The van der Waals surface area contributed by atoms with E-state index in [1.165, 1.54) is 0 Å². The Labute approximate surface area is 133 Å². The van der Waals surface area contributed by atoms with Crippen molar-refractivity contribution in [1.82, 2.24) is 4.90 Å². The van der Waals surface area contributed by atoms with Crippen LogP contribution in [0, 0.1) is 5.92 Å². The molecule has 0 aliphatic carbocycles. The second-order valence-corrected chi connectivity index (χ2v) is 6.65. The number of nitrogens with zero attached hydrogens (tertiary/aromatic N) is 1. The predicted octanol–water partition coefficient (Wildman–Crippen LogP) is 4.27. The molecule has 3 unspecified atom stereocenters. The number of anilines is 1. The van der Waals surface area contributed by atoms with Crippen LogP contribution in [0.4, 0.5) is 5.69 Å². The Morgan fingerprint density at radius 3 is 2.81 bits per heavy atom. The highest BCUT2D eigenvalue weighted by Crippen LogP contribution is 2.30. The van der Waals surface area contributed by atoms with Crippen molar-refractivity contribution < 1.29 is 4.74 Å². The molecule has 1 aromatic carbocycles. The quantitative estimate of drug-likeness (QED) is 0.879. The zero-order valence-corrected chi connectivity index (χ0v) is 14.3. The lowest BCUT2D eigenvalue weighted by Crippen LogP contribution is -2.48. The maximum absolute atomic E-state index is 6.30. The molecular weight excluding hydrogens is 284 g/mol. The molecule has 0 bridgehead atoms. The minimum Gasteiger partial charge on any atom is -0.492 e. The number of rotatable bonds is 5. The van der Waals surface area contributed by atoms with Crippen LogP contribution in [-0.4, -0.2) is 37.2 Å². The molecule has 3 atom stereocenters. The average Bonchev–Trinajstić information content (AvgIpc) is 2.44. The van der Waals surface area contributed by atoms with E-state index < -0.39 is 0 Å². The molecule has 0 radical (unpaired) electrons. The van der Waals surface area contributed by atoms with Crippen LogP contribution in [0.2, 0.25) is 5.02 Å². The van der Waals surface area contributed by atoms with Gasteiger partial charge in [0.1, 0.15) is 5.75 Å². The number of ether oxygens (including phenoxy) is 1. The number of nitrogens with one attached hydrogen (secondary N) is 1. The van der Waals surface area contributed by atoms with Gasteiger partial charge in [-0.2, -0.15) is 0 Å². The number of hydrogen-bond donors (Lipinski definition) is 1. The molecule has 1 saturated heterocycles. The topological polar surface area (TPSA) is 24.5 Å². The van der Waals surface area contributed by atoms with Gasteiger partial charge in [-0.1, -0.05) is 25.4 Å². The van der Waals surface area contributed by atoms with Crippen molar-refractivity contribution in [2.45, 2.75) is 45.7 Å². The molecular formula is C17H27ClN2O. The van der Waals surface area contributed by atoms with Crippen molar-refractivity contribution in [2.75, 3.05) is 25.5 Å². The van der Waals surface area contributed by atoms with E-state index in [4.69, 9.17) is 16.3 Å². The molecule has 1 aliphatic heterocycles. The van der Waals surface area contributed by atoms with Gasteiger partial charge >= 0.3 is 0 Å². The third-order valence-corrected chi connectivity index (χ3v) is 4.65. The molecule has 0 aromatic heterocycles. The van der Waals surface area contributed by atoms with E-state index in [1.54, 1.807) is 0 Å². The highest BCUT2D eigenvalue weighted by Gasteiger charge is 2.28. The lowest BCUT2D eigenvalue weighted by molar-refractivity contribution is 0.145. The molecule has 2 rings (SSSR count). The van der Waals surface area contributed by atoms with Crippen molar-refractivity contribution in [3.63, 3.8) is 0 Å². The predicted molar refractivity (Wildman–Crippen MR) is 90.5 cm³/mol. The van der Waals surface area contributed by atoms with E-state index in [0.717, 1.165) is 30.8 Å². The molecule has 0 spiro atoms. The summed E-state index contributed by atoms with van der Waals surface area (Å²) < 4.78 is 5.62. The molecule has 0 amide bonds. The summed E-state index contributed by atoms with van der Waals surface area (Å²) in [7, 11) is 2.20. The zero-order valence-electron chi connectivity index (χ0n) is 13.5. The van der Waals surface area contributed by atoms with E-state index in [0.29, 0.717) is 29.6 Å². The fourth-order valence-electron chi connectivity index (χ4n) is 2.88. The van der Waals surface area contributed by atoms with Gasteiger partial charge in [0.15, 0.2) is 0 Å². The third-order valence-electron chi connectivity index (χ3n) is 4.36. The van der Waals surface area contributed by atoms with Crippen molar-refractivity contribution in [1.29, 1.82) is 0 Å². The maximum atomic E-state index is 6.30. The van der Waals surface area contributed by atoms with Gasteiger partial charge < -0.3 is 15.0 Å². The van der Waals surface area contributed by atoms with Crippen LogP contribution in [0.5, 0.6) is 5.75 Å². The molecule has 1 N–H and O–H groups in total. The van der Waals surface area contributed by atoms with Crippen molar-refractivity contribution in [2.24, 2.45) is 5.92 Å². The van der Waals surface area contributed by atoms with Gasteiger partial charge in [-0.15, -0.1) is 0 Å². The molecule has 1 aliphatic rings. The Bertz CT molecular complexity index is 466. The number of benzene rings is 1. The van der Waals surface area contributed by atoms with Gasteiger partial charge in [-0.3, -0.25) is 0 Å². The van der Waals surface area contributed by atoms with Gasteiger partial charge in [0.2, 0.25) is 0 Å². The highest BCUT2D eigenvalue weighted by molar-refractivity contribution is 6.32. The van der Waals surface area contributed by atoms with Crippen molar-refractivity contribution in [3.05, 3.63) is 23.2 Å². The summed E-state index contributed by atoms with van der Waals surface area (Å²) in [5.74, 6) is 1.40. The lowest BCUT2D eigenvalue weighted by atomic mass is 9.89. The summed E-state index contributed by atoms with van der Waals surface area (Å²) in [5.41, 5.74) is 1.08. The molecule has 0 saturated carbocycles. The molecule has 1 fully saturated rings. The summed E-state index contributed by atoms with van der Waals surface area (Å²) >= 11 is 6.30. The number of likely N-dealkylation sites (tertiary alicyclic amines) is 1. The first-order chi connectivity index (χ1) is 10.0. The standard InChI is InChI=1S/C17H27ClN2O/c1-5-8-21-17-7-6-14(10-15(17)18)19-16-9-13(3)20(4)11-12(16)2/h6-7,10,12-13,16,19H,5,8-9,11H2,1-4H3. The summed E-state index contributed by atoms with van der Waals surface area (Å²) in [6.07, 6.45) is 2.14. The highest BCUT2D eigenvalue weighted by atomic mass is 35.5. The molecule has 1 heterocycles. The zero-order chi connectivity index (χ0) is 15.4. The number of hydrogen-bond acceptors (Lipinski definition) is 3. The molecule has 21 heavy (non-hydrogen) atoms. The van der Waals surface area contributed by atoms with E-state index >= 15 is 0 Å². The van der Waals surface area contributed by atoms with Crippen LogP contribution < -0.4 is 10.1 Å². The second-order valence-electron chi connectivity index (χ2n) is 6.25. The van der Waals surface area contributed by atoms with Crippen molar-refractivity contribution >= 4 is 17.3 Å². The molecule has 3 nitrogen and oxygen atoms in total. The first-order valence-corrected chi connectivity index (χ1v) is 8.28. The van der Waals surface area contributed by atoms with Gasteiger partial charge in [0, 0.05) is 24.3 Å². The van der Waals surface area contributed by atoms with E-state index in [9.17, 15) is 0 Å². The average molecular weight is 311 g/mol. The van der Waals surface area contributed by atoms with Crippen LogP contribution in [0.15, 0.2) is 18.2 Å². The van der Waals surface area contributed by atoms with E-state index in [-0.39, 0.29) is 0 Å². The Morgan fingerprint density at radius 2 is 2.14 bits per heavy atom. The molecule has 4 heteroatoms. The first kappa shape index (κ1) is 16.4. The summed E-state index contributed by atoms with van der Waals surface area (Å²) in [5, 5.41) is 4.32. The van der Waals surface area contributed by atoms with Crippen molar-refractivity contribution in [3.8, 4) is 5.75 Å². The van der Waals surface area contributed by atoms with Gasteiger partial charge in [0.25, 0.3) is 0 Å². The minimum absolute atomic E-state index is 0.495. The smallest absolute Gasteiger partial charge is 0.138 e. The van der Waals surface area contributed by atoms with E-state index in [2.05, 4.69) is 44.1 Å². The monoisotopic (exact) mass is 310 g/mol. The van der Waals surface area contributed by atoms with Crippen LogP contribution in [0.1, 0.15) is 33.6 Å². The molecule has 1 aromatic rings. The van der Waals surface area contributed by atoms with Crippen LogP contribution in [-0.2, 0) is 0 Å². The first-order valence-electron chi connectivity index (χ1n) is 7.90. The Balaban J connectivity index is 2.01. The van der Waals surface area contributed by atoms with Gasteiger partial charge in [-0.05, 0) is 50.9 Å². The van der Waals surface area contributed by atoms with Crippen LogP contribution in [0.25, 0.3) is 0 Å². The Morgan fingerprint density at radius 1 is 1.38 bits per heavy atom. The second kappa shape index (κ2) is 7.37. The fraction of sp³-hybridized carbons (Fsp3) is 0.647. The normalized spacial score (nSPS) is 26.6. The summed E-state index contributed by atoms with van der Waals surface area (Å²) in [6.45, 7) is 8.52. The lowest BCUT2D eigenvalue weighted by Gasteiger charge is -2.40. The summed E-state index contributed by atoms with van der Waals surface area (Å²) in [4.78, 5) is 2.43.